The van der Waals surface area contributed by atoms with Gasteiger partial charge in [-0.2, -0.15) is 0 Å². The van der Waals surface area contributed by atoms with Gasteiger partial charge in [-0.05, 0) is 42.7 Å². The van der Waals surface area contributed by atoms with Crippen LogP contribution in [0.25, 0.3) is 11.1 Å². The van der Waals surface area contributed by atoms with Crippen LogP contribution in [-0.2, 0) is 0 Å². The Balaban J connectivity index is 2.37. The van der Waals surface area contributed by atoms with Gasteiger partial charge >= 0.3 is 0 Å². The van der Waals surface area contributed by atoms with Crippen molar-refractivity contribution in [2.24, 2.45) is 0 Å². The first-order valence-corrected chi connectivity index (χ1v) is 6.16. The standard InChI is InChI=1S/C16H19NO/c1-12-11-15(14-7-5-4-6-8-14)9-10-16(12)17(3)13(2)18/h4-11,13,18H,1-3H3. The summed E-state index contributed by atoms with van der Waals surface area (Å²) >= 11 is 0. The zero-order valence-electron chi connectivity index (χ0n) is 11.1. The molecule has 94 valence electrons. The second-order valence-corrected chi connectivity index (χ2v) is 4.61. The van der Waals surface area contributed by atoms with E-state index in [0.717, 1.165) is 5.69 Å². The van der Waals surface area contributed by atoms with Crippen molar-refractivity contribution >= 4 is 5.69 Å². The Labute approximate surface area is 109 Å². The fourth-order valence-electron chi connectivity index (χ4n) is 2.06. The number of anilines is 1. The fraction of sp³-hybridized carbons (Fsp3) is 0.250. The first-order chi connectivity index (χ1) is 8.59. The van der Waals surface area contributed by atoms with Gasteiger partial charge in [0.1, 0.15) is 6.23 Å². The van der Waals surface area contributed by atoms with Gasteiger partial charge in [-0.1, -0.05) is 36.4 Å². The van der Waals surface area contributed by atoms with Gasteiger partial charge in [0.25, 0.3) is 0 Å². The largest absolute Gasteiger partial charge is 0.374 e. The highest BCUT2D eigenvalue weighted by atomic mass is 16.3. The Bertz CT molecular complexity index is 520. The molecule has 1 atom stereocenters. The van der Waals surface area contributed by atoms with Crippen molar-refractivity contribution in [2.45, 2.75) is 20.1 Å². The maximum absolute atomic E-state index is 9.61. The van der Waals surface area contributed by atoms with Crippen molar-refractivity contribution in [1.29, 1.82) is 0 Å². The lowest BCUT2D eigenvalue weighted by atomic mass is 10.0. The van der Waals surface area contributed by atoms with Crippen LogP contribution in [0.3, 0.4) is 0 Å². The van der Waals surface area contributed by atoms with E-state index < -0.39 is 6.23 Å². The lowest BCUT2D eigenvalue weighted by Gasteiger charge is -2.24. The van der Waals surface area contributed by atoms with Crippen LogP contribution in [0.2, 0.25) is 0 Å². The van der Waals surface area contributed by atoms with Crippen molar-refractivity contribution in [1.82, 2.24) is 0 Å². The topological polar surface area (TPSA) is 23.5 Å². The van der Waals surface area contributed by atoms with Crippen molar-refractivity contribution in [3.63, 3.8) is 0 Å². The molecule has 0 aliphatic rings. The summed E-state index contributed by atoms with van der Waals surface area (Å²) in [4.78, 5) is 1.87. The molecule has 0 heterocycles. The van der Waals surface area contributed by atoms with Gasteiger partial charge in [-0.15, -0.1) is 0 Å². The molecule has 0 saturated heterocycles. The van der Waals surface area contributed by atoms with E-state index in [1.807, 2.05) is 30.1 Å². The number of benzene rings is 2. The molecule has 1 unspecified atom stereocenters. The van der Waals surface area contributed by atoms with Crippen molar-refractivity contribution < 1.29 is 5.11 Å². The predicted octanol–water partition coefficient (Wildman–Crippen LogP) is 3.44. The average Bonchev–Trinajstić information content (AvgIpc) is 2.38. The molecule has 2 aromatic carbocycles. The SMILES string of the molecule is Cc1cc(-c2ccccc2)ccc1N(C)C(C)O. The Kier molecular flexibility index (Phi) is 3.68. The summed E-state index contributed by atoms with van der Waals surface area (Å²) in [7, 11) is 1.90. The molecule has 0 saturated carbocycles. The molecule has 0 aliphatic heterocycles. The van der Waals surface area contributed by atoms with E-state index >= 15 is 0 Å². The molecule has 0 aliphatic carbocycles. The third kappa shape index (κ3) is 2.54. The van der Waals surface area contributed by atoms with E-state index in [1.54, 1.807) is 6.92 Å². The van der Waals surface area contributed by atoms with Crippen molar-refractivity contribution in [3.05, 3.63) is 54.1 Å². The van der Waals surface area contributed by atoms with Crippen molar-refractivity contribution in [3.8, 4) is 11.1 Å². The monoisotopic (exact) mass is 241 g/mol. The van der Waals surface area contributed by atoms with Gasteiger partial charge < -0.3 is 10.0 Å². The summed E-state index contributed by atoms with van der Waals surface area (Å²) in [6, 6.07) is 16.6. The number of aliphatic hydroxyl groups is 1. The van der Waals surface area contributed by atoms with Crippen LogP contribution in [0.15, 0.2) is 48.5 Å². The molecular weight excluding hydrogens is 222 g/mol. The fourth-order valence-corrected chi connectivity index (χ4v) is 2.06. The van der Waals surface area contributed by atoms with Crippen LogP contribution >= 0.6 is 0 Å². The molecule has 0 spiro atoms. The highest BCUT2D eigenvalue weighted by Crippen LogP contribution is 2.27. The number of aryl methyl sites for hydroxylation is 1. The summed E-state index contributed by atoms with van der Waals surface area (Å²) in [5.41, 5.74) is 4.65. The molecule has 18 heavy (non-hydrogen) atoms. The minimum absolute atomic E-state index is 0.480. The van der Waals surface area contributed by atoms with E-state index in [2.05, 4.69) is 37.3 Å². The predicted molar refractivity (Wildman–Crippen MR) is 76.7 cm³/mol. The smallest absolute Gasteiger partial charge is 0.123 e. The Morgan fingerprint density at radius 1 is 1.00 bits per heavy atom. The molecule has 2 nitrogen and oxygen atoms in total. The minimum atomic E-state index is -0.480. The molecule has 2 heteroatoms. The van der Waals surface area contributed by atoms with Gasteiger partial charge in [0, 0.05) is 12.7 Å². The quantitative estimate of drug-likeness (QED) is 0.832. The van der Waals surface area contributed by atoms with E-state index in [9.17, 15) is 5.11 Å². The molecule has 1 N–H and O–H groups in total. The highest BCUT2D eigenvalue weighted by molar-refractivity contribution is 5.68. The third-order valence-electron chi connectivity index (χ3n) is 3.24. The summed E-state index contributed by atoms with van der Waals surface area (Å²) in [5, 5.41) is 9.61. The molecule has 2 rings (SSSR count). The van der Waals surface area contributed by atoms with Gasteiger partial charge in [-0.25, -0.2) is 0 Å². The first kappa shape index (κ1) is 12.7. The van der Waals surface area contributed by atoms with Crippen LogP contribution in [0.1, 0.15) is 12.5 Å². The van der Waals surface area contributed by atoms with Crippen LogP contribution in [0.4, 0.5) is 5.69 Å². The maximum atomic E-state index is 9.61. The lowest BCUT2D eigenvalue weighted by Crippen LogP contribution is -2.28. The number of rotatable bonds is 3. The molecular formula is C16H19NO. The number of aliphatic hydroxyl groups excluding tert-OH is 1. The van der Waals surface area contributed by atoms with Crippen LogP contribution in [-0.4, -0.2) is 18.4 Å². The maximum Gasteiger partial charge on any atom is 0.123 e. The average molecular weight is 241 g/mol. The van der Waals surface area contributed by atoms with E-state index in [-0.39, 0.29) is 0 Å². The highest BCUT2D eigenvalue weighted by Gasteiger charge is 2.09. The first-order valence-electron chi connectivity index (χ1n) is 6.16. The molecule has 0 radical (unpaired) electrons. The summed E-state index contributed by atoms with van der Waals surface area (Å²) in [5.74, 6) is 0. The van der Waals surface area contributed by atoms with Gasteiger partial charge in [0.05, 0.1) is 0 Å². The van der Waals surface area contributed by atoms with Gasteiger partial charge in [0.2, 0.25) is 0 Å². The molecule has 0 fully saturated rings. The second-order valence-electron chi connectivity index (χ2n) is 4.61. The van der Waals surface area contributed by atoms with E-state index in [0.29, 0.717) is 0 Å². The lowest BCUT2D eigenvalue weighted by molar-refractivity contribution is 0.195. The Morgan fingerprint density at radius 3 is 2.22 bits per heavy atom. The molecule has 0 amide bonds. The summed E-state index contributed by atoms with van der Waals surface area (Å²) < 4.78 is 0. The molecule has 0 bridgehead atoms. The van der Waals surface area contributed by atoms with Crippen LogP contribution in [0, 0.1) is 6.92 Å². The van der Waals surface area contributed by atoms with Crippen LogP contribution in [0.5, 0.6) is 0 Å². The molecule has 0 aromatic heterocycles. The normalized spacial score (nSPS) is 12.2. The van der Waals surface area contributed by atoms with Gasteiger partial charge in [0.15, 0.2) is 0 Å². The third-order valence-corrected chi connectivity index (χ3v) is 3.24. The van der Waals surface area contributed by atoms with E-state index in [4.69, 9.17) is 0 Å². The number of nitrogens with zero attached hydrogens (tertiary/aromatic N) is 1. The number of hydrogen-bond acceptors (Lipinski definition) is 2. The van der Waals surface area contributed by atoms with E-state index in [1.165, 1.54) is 16.7 Å². The second kappa shape index (κ2) is 5.23. The Morgan fingerprint density at radius 2 is 1.67 bits per heavy atom. The van der Waals surface area contributed by atoms with Gasteiger partial charge in [-0.3, -0.25) is 0 Å². The zero-order chi connectivity index (χ0) is 13.1. The Hall–Kier alpha value is -1.80. The summed E-state index contributed by atoms with van der Waals surface area (Å²) in [6.45, 7) is 3.84. The van der Waals surface area contributed by atoms with Crippen LogP contribution < -0.4 is 4.90 Å². The minimum Gasteiger partial charge on any atom is -0.374 e. The zero-order valence-corrected chi connectivity index (χ0v) is 11.1. The number of hydrogen-bond donors (Lipinski definition) is 1. The summed E-state index contributed by atoms with van der Waals surface area (Å²) in [6.07, 6.45) is -0.480. The van der Waals surface area contributed by atoms with Crippen molar-refractivity contribution in [2.75, 3.05) is 11.9 Å². The molecule has 2 aromatic rings.